The molecule has 42 heavy (non-hydrogen) atoms. The lowest BCUT2D eigenvalue weighted by atomic mass is 10.0. The number of nitrogens with two attached hydrogens (primary N) is 1. The summed E-state index contributed by atoms with van der Waals surface area (Å²) in [5.74, 6) is 0. The maximum absolute atomic E-state index is 13.2. The molecule has 1 saturated heterocycles. The number of hydrogen-bond acceptors (Lipinski definition) is 5. The number of benzene rings is 3. The van der Waals surface area contributed by atoms with E-state index in [9.17, 15) is 4.79 Å². The van der Waals surface area contributed by atoms with Gasteiger partial charge in [0.05, 0.1) is 5.69 Å². The van der Waals surface area contributed by atoms with E-state index in [1.807, 2.05) is 42.2 Å². The number of aromatic nitrogens is 3. The highest BCUT2D eigenvalue weighted by molar-refractivity contribution is 5.97. The van der Waals surface area contributed by atoms with Crippen LogP contribution >= 0.6 is 0 Å². The van der Waals surface area contributed by atoms with Crippen molar-refractivity contribution in [2.45, 2.75) is 45.4 Å². The summed E-state index contributed by atoms with van der Waals surface area (Å²) in [6.45, 7) is 6.25. The molecule has 7 rings (SSSR count). The number of carbonyl (C=O) groups is 1. The van der Waals surface area contributed by atoms with E-state index in [1.54, 1.807) is 6.33 Å². The van der Waals surface area contributed by atoms with Gasteiger partial charge in [0.1, 0.15) is 12.0 Å². The minimum atomic E-state index is -0.102. The number of hydrogen-bond donors (Lipinski definition) is 3. The zero-order valence-corrected chi connectivity index (χ0v) is 23.8. The third-order valence-corrected chi connectivity index (χ3v) is 8.60. The van der Waals surface area contributed by atoms with Crippen molar-refractivity contribution in [1.29, 1.82) is 0 Å². The minimum absolute atomic E-state index is 0.102. The molecule has 4 heterocycles. The third-order valence-electron chi connectivity index (χ3n) is 8.60. The van der Waals surface area contributed by atoms with Crippen molar-refractivity contribution >= 4 is 22.8 Å². The Bertz CT molecular complexity index is 1740. The van der Waals surface area contributed by atoms with Gasteiger partial charge in [0, 0.05) is 54.6 Å². The highest BCUT2D eigenvalue weighted by Gasteiger charge is 2.24. The van der Waals surface area contributed by atoms with E-state index in [-0.39, 0.29) is 12.1 Å². The summed E-state index contributed by atoms with van der Waals surface area (Å²) in [5.41, 5.74) is 16.3. The molecule has 0 saturated carbocycles. The SMILES string of the molecule is Cc1c(NC(=O)N2Cc3ccccc3C2)cccc1-c1ncnc2[nH]c(-c3ccc(CN4CCCC(N)C4)cc3)cc12. The Labute approximate surface area is 245 Å². The summed E-state index contributed by atoms with van der Waals surface area (Å²) < 4.78 is 0. The number of anilines is 1. The Morgan fingerprint density at radius 1 is 1.02 bits per heavy atom. The number of fused-ring (bicyclic) bond motifs is 2. The van der Waals surface area contributed by atoms with Crippen LogP contribution in [0.25, 0.3) is 33.5 Å². The predicted octanol–water partition coefficient (Wildman–Crippen LogP) is 6.07. The van der Waals surface area contributed by atoms with E-state index in [0.717, 1.165) is 70.9 Å². The van der Waals surface area contributed by atoms with Crippen LogP contribution in [0, 0.1) is 6.92 Å². The molecule has 0 spiro atoms. The van der Waals surface area contributed by atoms with E-state index in [4.69, 9.17) is 5.73 Å². The largest absolute Gasteiger partial charge is 0.339 e. The Morgan fingerprint density at radius 2 is 1.81 bits per heavy atom. The first-order valence-electron chi connectivity index (χ1n) is 14.7. The Kier molecular flexibility index (Phi) is 6.93. The molecule has 0 radical (unpaired) electrons. The third kappa shape index (κ3) is 5.15. The van der Waals surface area contributed by atoms with Gasteiger partial charge in [0.2, 0.25) is 0 Å². The molecule has 4 N–H and O–H groups in total. The van der Waals surface area contributed by atoms with Gasteiger partial charge in [-0.15, -0.1) is 0 Å². The maximum atomic E-state index is 13.2. The predicted molar refractivity (Wildman–Crippen MR) is 167 cm³/mol. The zero-order chi connectivity index (χ0) is 28.6. The minimum Gasteiger partial charge on any atom is -0.339 e. The van der Waals surface area contributed by atoms with Gasteiger partial charge < -0.3 is 20.9 Å². The Hall–Kier alpha value is -4.53. The molecule has 3 aromatic carbocycles. The maximum Gasteiger partial charge on any atom is 0.322 e. The number of urea groups is 1. The van der Waals surface area contributed by atoms with Gasteiger partial charge in [-0.3, -0.25) is 4.90 Å². The van der Waals surface area contributed by atoms with Gasteiger partial charge in [0.25, 0.3) is 0 Å². The van der Waals surface area contributed by atoms with Gasteiger partial charge >= 0.3 is 6.03 Å². The second kappa shape index (κ2) is 11.0. The summed E-state index contributed by atoms with van der Waals surface area (Å²) in [7, 11) is 0. The first-order chi connectivity index (χ1) is 20.5. The second-order valence-corrected chi connectivity index (χ2v) is 11.5. The molecule has 1 unspecified atom stereocenters. The topological polar surface area (TPSA) is 103 Å². The van der Waals surface area contributed by atoms with Crippen LogP contribution in [0.15, 0.2) is 79.1 Å². The molecule has 212 valence electrons. The molecule has 0 aliphatic carbocycles. The average molecular weight is 558 g/mol. The number of aromatic amines is 1. The molecular weight excluding hydrogens is 522 g/mol. The number of carbonyl (C=O) groups excluding carboxylic acids is 1. The van der Waals surface area contributed by atoms with E-state index in [2.05, 4.69) is 67.6 Å². The average Bonchev–Trinajstić information content (AvgIpc) is 3.64. The lowest BCUT2D eigenvalue weighted by Gasteiger charge is -2.30. The number of nitrogens with one attached hydrogen (secondary N) is 2. The number of nitrogens with zero attached hydrogens (tertiary/aromatic N) is 4. The van der Waals surface area contributed by atoms with E-state index >= 15 is 0 Å². The molecule has 5 aromatic rings. The van der Waals surface area contributed by atoms with E-state index < -0.39 is 0 Å². The van der Waals surface area contributed by atoms with Crippen LogP contribution in [-0.4, -0.2) is 49.9 Å². The van der Waals surface area contributed by atoms with Crippen LogP contribution in [0.3, 0.4) is 0 Å². The number of amides is 2. The van der Waals surface area contributed by atoms with Crippen molar-refractivity contribution in [1.82, 2.24) is 24.8 Å². The van der Waals surface area contributed by atoms with Crippen LogP contribution in [0.4, 0.5) is 10.5 Å². The van der Waals surface area contributed by atoms with E-state index in [0.29, 0.717) is 13.1 Å². The van der Waals surface area contributed by atoms with Crippen LogP contribution in [-0.2, 0) is 19.6 Å². The molecule has 1 fully saturated rings. The first-order valence-corrected chi connectivity index (χ1v) is 14.7. The smallest absolute Gasteiger partial charge is 0.322 e. The molecule has 2 aromatic heterocycles. The molecule has 8 nitrogen and oxygen atoms in total. The van der Waals surface area contributed by atoms with Crippen LogP contribution in [0.5, 0.6) is 0 Å². The highest BCUT2D eigenvalue weighted by atomic mass is 16.2. The standard InChI is InChI=1S/C34H35N7O/c1-22-28(9-4-10-30(22)39-34(42)41-18-25-6-2-3-7-26(25)19-41)32-29-16-31(38-33(29)37-21-36-32)24-13-11-23(12-14-24)17-40-15-5-8-27(35)20-40/h2-4,6-7,9-14,16,21,27H,5,8,15,17-20,35H2,1H3,(H,39,42)(H,36,37,38). The summed E-state index contributed by atoms with van der Waals surface area (Å²) >= 11 is 0. The molecular formula is C34H35N7O. The summed E-state index contributed by atoms with van der Waals surface area (Å²) in [6, 6.07) is 25.2. The molecule has 2 aliphatic heterocycles. The van der Waals surface area contributed by atoms with Gasteiger partial charge in [-0.05, 0) is 66.3 Å². The number of likely N-dealkylation sites (tertiary alicyclic amines) is 1. The fraction of sp³-hybridized carbons (Fsp3) is 0.265. The lowest BCUT2D eigenvalue weighted by molar-refractivity contribution is 0.201. The molecule has 8 heteroatoms. The summed E-state index contributed by atoms with van der Waals surface area (Å²) in [5, 5.41) is 4.08. The van der Waals surface area contributed by atoms with Crippen molar-refractivity contribution in [2.24, 2.45) is 5.73 Å². The van der Waals surface area contributed by atoms with Crippen molar-refractivity contribution in [3.8, 4) is 22.5 Å². The summed E-state index contributed by atoms with van der Waals surface area (Å²) in [6.07, 6.45) is 3.88. The normalized spacial score (nSPS) is 17.0. The first kappa shape index (κ1) is 26.4. The lowest BCUT2D eigenvalue weighted by Crippen LogP contribution is -2.42. The Balaban J connectivity index is 1.12. The van der Waals surface area contributed by atoms with Crippen molar-refractivity contribution in [2.75, 3.05) is 18.4 Å². The van der Waals surface area contributed by atoms with Gasteiger partial charge in [0.15, 0.2) is 0 Å². The highest BCUT2D eigenvalue weighted by Crippen LogP contribution is 2.34. The van der Waals surface area contributed by atoms with Crippen molar-refractivity contribution in [3.05, 3.63) is 101 Å². The monoisotopic (exact) mass is 557 g/mol. The number of piperidine rings is 1. The fourth-order valence-corrected chi connectivity index (χ4v) is 6.29. The fourth-order valence-electron chi connectivity index (χ4n) is 6.29. The molecule has 2 aliphatic rings. The Morgan fingerprint density at radius 3 is 2.57 bits per heavy atom. The second-order valence-electron chi connectivity index (χ2n) is 11.5. The van der Waals surface area contributed by atoms with Gasteiger partial charge in [-0.1, -0.05) is 60.7 Å². The van der Waals surface area contributed by atoms with Gasteiger partial charge in [-0.25, -0.2) is 14.8 Å². The van der Waals surface area contributed by atoms with Gasteiger partial charge in [-0.2, -0.15) is 0 Å². The molecule has 1 atom stereocenters. The van der Waals surface area contributed by atoms with Crippen molar-refractivity contribution in [3.63, 3.8) is 0 Å². The van der Waals surface area contributed by atoms with E-state index in [1.165, 1.54) is 23.1 Å². The zero-order valence-electron chi connectivity index (χ0n) is 23.8. The molecule has 0 bridgehead atoms. The quantitative estimate of drug-likeness (QED) is 0.243. The van der Waals surface area contributed by atoms with Crippen LogP contribution in [0.2, 0.25) is 0 Å². The van der Waals surface area contributed by atoms with Crippen LogP contribution in [0.1, 0.15) is 35.1 Å². The number of H-pyrrole nitrogens is 1. The van der Waals surface area contributed by atoms with Crippen LogP contribution < -0.4 is 11.1 Å². The van der Waals surface area contributed by atoms with Crippen molar-refractivity contribution < 1.29 is 4.79 Å². The number of rotatable bonds is 5. The molecule has 2 amide bonds. The summed E-state index contributed by atoms with van der Waals surface area (Å²) in [4.78, 5) is 30.2.